The van der Waals surface area contributed by atoms with E-state index in [1.165, 1.54) is 0 Å². The maximum atomic E-state index is 13.8. The molecular formula is C27H34N4O5. The van der Waals surface area contributed by atoms with E-state index < -0.39 is 5.54 Å². The number of hydrogen-bond acceptors (Lipinski definition) is 6. The van der Waals surface area contributed by atoms with E-state index in [1.54, 1.807) is 36.2 Å². The van der Waals surface area contributed by atoms with Crippen molar-refractivity contribution in [1.29, 1.82) is 0 Å². The van der Waals surface area contributed by atoms with Gasteiger partial charge in [-0.15, -0.1) is 0 Å². The summed E-state index contributed by atoms with van der Waals surface area (Å²) in [6.45, 7) is 2.27. The normalized spacial score (nSPS) is 16.9. The number of amides is 3. The van der Waals surface area contributed by atoms with Gasteiger partial charge in [0.05, 0.1) is 19.3 Å². The van der Waals surface area contributed by atoms with Crippen LogP contribution in [0.15, 0.2) is 54.6 Å². The van der Waals surface area contributed by atoms with Crippen molar-refractivity contribution >= 4 is 23.4 Å². The molecule has 2 aliphatic rings. The molecule has 3 amide bonds. The number of carbonyl (C=O) groups is 3. The predicted molar refractivity (Wildman–Crippen MR) is 136 cm³/mol. The van der Waals surface area contributed by atoms with Gasteiger partial charge in [-0.05, 0) is 43.5 Å². The molecule has 0 saturated carbocycles. The first-order valence-corrected chi connectivity index (χ1v) is 12.3. The number of hydrogen-bond donors (Lipinski definition) is 1. The highest BCUT2D eigenvalue weighted by molar-refractivity contribution is 5.99. The molecule has 2 saturated heterocycles. The molecule has 9 heteroatoms. The molecule has 0 aliphatic carbocycles. The zero-order valence-electron chi connectivity index (χ0n) is 20.9. The van der Waals surface area contributed by atoms with Gasteiger partial charge in [0.15, 0.2) is 0 Å². The van der Waals surface area contributed by atoms with E-state index in [1.807, 2.05) is 42.5 Å². The molecule has 36 heavy (non-hydrogen) atoms. The number of piperidine rings is 1. The van der Waals surface area contributed by atoms with Gasteiger partial charge in [-0.3, -0.25) is 14.4 Å². The highest BCUT2D eigenvalue weighted by Crippen LogP contribution is 2.39. The van der Waals surface area contributed by atoms with Crippen LogP contribution in [0.2, 0.25) is 0 Å². The molecule has 2 aliphatic heterocycles. The molecule has 4 rings (SSSR count). The smallest absolute Gasteiger partial charge is 0.257 e. The van der Waals surface area contributed by atoms with Gasteiger partial charge in [-0.1, -0.05) is 30.3 Å². The molecular weight excluding hydrogens is 460 g/mol. The van der Waals surface area contributed by atoms with Crippen LogP contribution in [0.25, 0.3) is 0 Å². The summed E-state index contributed by atoms with van der Waals surface area (Å²) in [6.07, 6.45) is 1.67. The summed E-state index contributed by atoms with van der Waals surface area (Å²) in [4.78, 5) is 45.1. The Morgan fingerprint density at radius 3 is 2.39 bits per heavy atom. The van der Waals surface area contributed by atoms with Gasteiger partial charge in [0, 0.05) is 39.0 Å². The first-order valence-electron chi connectivity index (χ1n) is 12.3. The summed E-state index contributed by atoms with van der Waals surface area (Å²) in [5.41, 5.74) is 0.647. The fourth-order valence-electron chi connectivity index (χ4n) is 5.07. The average Bonchev–Trinajstić information content (AvgIpc) is 3.17. The average molecular weight is 495 g/mol. The maximum Gasteiger partial charge on any atom is 0.257 e. The van der Waals surface area contributed by atoms with Crippen LogP contribution in [0.1, 0.15) is 29.6 Å². The van der Waals surface area contributed by atoms with Crippen LogP contribution in [-0.2, 0) is 14.3 Å². The molecule has 2 aromatic rings. The molecule has 1 N–H and O–H groups in total. The lowest BCUT2D eigenvalue weighted by Gasteiger charge is -2.43. The Kier molecular flexibility index (Phi) is 8.10. The van der Waals surface area contributed by atoms with E-state index in [2.05, 4.69) is 10.2 Å². The fourth-order valence-corrected chi connectivity index (χ4v) is 5.07. The first kappa shape index (κ1) is 25.5. The minimum Gasteiger partial charge on any atom is -0.496 e. The van der Waals surface area contributed by atoms with Crippen molar-refractivity contribution in [2.45, 2.75) is 24.8 Å². The third-order valence-electron chi connectivity index (χ3n) is 6.98. The topological polar surface area (TPSA) is 91.4 Å². The van der Waals surface area contributed by atoms with Crippen LogP contribution >= 0.6 is 0 Å². The maximum absolute atomic E-state index is 13.8. The molecule has 1 spiro atoms. The molecule has 2 heterocycles. The van der Waals surface area contributed by atoms with Crippen LogP contribution in [-0.4, -0.2) is 86.7 Å². The van der Waals surface area contributed by atoms with Gasteiger partial charge in [0.2, 0.25) is 5.91 Å². The number of nitrogens with one attached hydrogen (secondary N) is 1. The van der Waals surface area contributed by atoms with Gasteiger partial charge < -0.3 is 29.5 Å². The number of likely N-dealkylation sites (tertiary alicyclic amines) is 1. The lowest BCUT2D eigenvalue weighted by Crippen LogP contribution is -2.57. The number of methoxy groups -OCH3 is 2. The lowest BCUT2D eigenvalue weighted by atomic mass is 9.85. The Balaban J connectivity index is 1.50. The number of benzene rings is 2. The summed E-state index contributed by atoms with van der Waals surface area (Å²) in [7, 11) is 3.17. The van der Waals surface area contributed by atoms with Crippen molar-refractivity contribution in [2.24, 2.45) is 0 Å². The van der Waals surface area contributed by atoms with E-state index in [0.29, 0.717) is 63.5 Å². The summed E-state index contributed by atoms with van der Waals surface area (Å²) >= 11 is 0. The van der Waals surface area contributed by atoms with Crippen molar-refractivity contribution in [3.8, 4) is 5.75 Å². The molecule has 0 aromatic heterocycles. The monoisotopic (exact) mass is 494 g/mol. The quantitative estimate of drug-likeness (QED) is 0.537. The van der Waals surface area contributed by atoms with Crippen molar-refractivity contribution in [2.75, 3.05) is 58.6 Å². The highest BCUT2D eigenvalue weighted by Gasteiger charge is 2.54. The number of anilines is 1. The Labute approximate surface area is 211 Å². The second kappa shape index (κ2) is 11.4. The molecule has 0 atom stereocenters. The lowest BCUT2D eigenvalue weighted by molar-refractivity contribution is -0.137. The van der Waals surface area contributed by atoms with Gasteiger partial charge in [0.1, 0.15) is 17.8 Å². The molecule has 0 unspecified atom stereocenters. The minimum atomic E-state index is -0.796. The Hall–Kier alpha value is -3.59. The van der Waals surface area contributed by atoms with Crippen LogP contribution in [0, 0.1) is 0 Å². The highest BCUT2D eigenvalue weighted by atomic mass is 16.5. The number of carbonyl (C=O) groups excluding carboxylic acids is 3. The summed E-state index contributed by atoms with van der Waals surface area (Å²) in [5, 5.41) is 2.87. The number of para-hydroxylation sites is 2. The Morgan fingerprint density at radius 1 is 1.00 bits per heavy atom. The second-order valence-electron chi connectivity index (χ2n) is 9.13. The molecule has 192 valence electrons. The van der Waals surface area contributed by atoms with Gasteiger partial charge in [-0.2, -0.15) is 0 Å². The summed E-state index contributed by atoms with van der Waals surface area (Å²) < 4.78 is 10.4. The van der Waals surface area contributed by atoms with Crippen LogP contribution in [0.4, 0.5) is 5.69 Å². The zero-order valence-corrected chi connectivity index (χ0v) is 20.9. The van der Waals surface area contributed by atoms with E-state index >= 15 is 0 Å². The summed E-state index contributed by atoms with van der Waals surface area (Å²) in [6, 6.07) is 17.0. The third kappa shape index (κ3) is 5.16. The molecule has 0 bridgehead atoms. The van der Waals surface area contributed by atoms with E-state index in [4.69, 9.17) is 9.47 Å². The van der Waals surface area contributed by atoms with E-state index in [9.17, 15) is 14.4 Å². The number of ether oxygens (including phenoxy) is 2. The molecule has 0 radical (unpaired) electrons. The number of nitrogens with zero attached hydrogens (tertiary/aromatic N) is 3. The van der Waals surface area contributed by atoms with Gasteiger partial charge in [-0.25, -0.2) is 0 Å². The van der Waals surface area contributed by atoms with Crippen LogP contribution in [0.3, 0.4) is 0 Å². The standard InChI is InChI=1S/C27H34N4O5/c1-35-18-8-15-28-24(32)19-30-20-31(21-9-4-3-5-10-21)27(26(30)34)13-16-29(17-14-27)25(33)22-11-6-7-12-23(22)36-2/h3-7,9-12H,8,13-20H2,1-2H3,(H,28,32). The van der Waals surface area contributed by atoms with Crippen molar-refractivity contribution in [1.82, 2.24) is 15.1 Å². The molecule has 2 fully saturated rings. The third-order valence-corrected chi connectivity index (χ3v) is 6.98. The predicted octanol–water partition coefficient (Wildman–Crippen LogP) is 2.13. The van der Waals surface area contributed by atoms with Crippen LogP contribution in [0.5, 0.6) is 5.75 Å². The Bertz CT molecular complexity index is 1070. The number of rotatable bonds is 9. The zero-order chi connectivity index (χ0) is 25.5. The largest absolute Gasteiger partial charge is 0.496 e. The van der Waals surface area contributed by atoms with Crippen molar-refractivity contribution < 1.29 is 23.9 Å². The van der Waals surface area contributed by atoms with E-state index in [0.717, 1.165) is 5.69 Å². The Morgan fingerprint density at radius 2 is 1.69 bits per heavy atom. The van der Waals surface area contributed by atoms with Crippen molar-refractivity contribution in [3.63, 3.8) is 0 Å². The molecule has 2 aromatic carbocycles. The van der Waals surface area contributed by atoms with Crippen LogP contribution < -0.4 is 15.0 Å². The first-order chi connectivity index (χ1) is 17.5. The molecule has 9 nitrogen and oxygen atoms in total. The van der Waals surface area contributed by atoms with Gasteiger partial charge >= 0.3 is 0 Å². The SMILES string of the molecule is COCCCNC(=O)CN1CN(c2ccccc2)C2(CCN(C(=O)c3ccccc3OC)CC2)C1=O. The summed E-state index contributed by atoms with van der Waals surface area (Å²) in [5.74, 6) is 0.177. The fraction of sp³-hybridized carbons (Fsp3) is 0.444. The minimum absolute atomic E-state index is 0.000752. The second-order valence-corrected chi connectivity index (χ2v) is 9.13. The van der Waals surface area contributed by atoms with Crippen molar-refractivity contribution in [3.05, 3.63) is 60.2 Å². The van der Waals surface area contributed by atoms with E-state index in [-0.39, 0.29) is 24.3 Å². The van der Waals surface area contributed by atoms with Gasteiger partial charge in [0.25, 0.3) is 11.8 Å².